The second-order valence-corrected chi connectivity index (χ2v) is 5.08. The highest BCUT2D eigenvalue weighted by atomic mass is 16.6. The molecule has 0 aromatic heterocycles. The maximum absolute atomic E-state index is 11.7. The molecular formula is C16H14N4O6. The third-order valence-electron chi connectivity index (χ3n) is 3.26. The Balaban J connectivity index is 1.87. The molecule has 1 N–H and O–H groups in total. The summed E-state index contributed by atoms with van der Waals surface area (Å²) in [6, 6.07) is 11.0. The number of benzene rings is 2. The Morgan fingerprint density at radius 1 is 1.00 bits per heavy atom. The summed E-state index contributed by atoms with van der Waals surface area (Å²) in [7, 11) is 0. The van der Waals surface area contributed by atoms with E-state index in [9.17, 15) is 25.0 Å². The molecule has 0 saturated carbocycles. The minimum atomic E-state index is -0.536. The monoisotopic (exact) mass is 358 g/mol. The fourth-order valence-corrected chi connectivity index (χ4v) is 1.88. The van der Waals surface area contributed by atoms with Crippen molar-refractivity contribution in [2.75, 3.05) is 6.61 Å². The number of amides is 1. The minimum Gasteiger partial charge on any atom is -0.484 e. The Bertz CT molecular complexity index is 846. The Labute approximate surface area is 147 Å². The van der Waals surface area contributed by atoms with E-state index in [-0.39, 0.29) is 18.0 Å². The molecule has 0 aliphatic heterocycles. The molecule has 10 heteroatoms. The molecule has 0 heterocycles. The van der Waals surface area contributed by atoms with Crippen LogP contribution < -0.4 is 10.2 Å². The molecule has 0 aliphatic carbocycles. The molecule has 0 atom stereocenters. The van der Waals surface area contributed by atoms with E-state index in [0.717, 1.165) is 0 Å². The van der Waals surface area contributed by atoms with Gasteiger partial charge in [0.15, 0.2) is 6.61 Å². The van der Waals surface area contributed by atoms with Crippen molar-refractivity contribution in [1.82, 2.24) is 5.43 Å². The molecule has 134 valence electrons. The molecule has 0 fully saturated rings. The Morgan fingerprint density at radius 3 is 2.00 bits per heavy atom. The highest BCUT2D eigenvalue weighted by molar-refractivity contribution is 5.99. The van der Waals surface area contributed by atoms with Gasteiger partial charge in [-0.15, -0.1) is 0 Å². The van der Waals surface area contributed by atoms with E-state index in [1.165, 1.54) is 48.5 Å². The van der Waals surface area contributed by atoms with Crippen LogP contribution in [0.25, 0.3) is 0 Å². The van der Waals surface area contributed by atoms with Gasteiger partial charge in [0.25, 0.3) is 17.3 Å². The molecular weight excluding hydrogens is 344 g/mol. The van der Waals surface area contributed by atoms with Crippen LogP contribution in [0.15, 0.2) is 53.6 Å². The van der Waals surface area contributed by atoms with E-state index in [1.54, 1.807) is 6.92 Å². The van der Waals surface area contributed by atoms with Crippen molar-refractivity contribution in [1.29, 1.82) is 0 Å². The first-order valence-electron chi connectivity index (χ1n) is 7.32. The molecule has 0 spiro atoms. The standard InChI is InChI=1S/C16H14N4O6/c1-11(12-2-4-13(5-3-12)19(22)23)17-18-16(21)10-26-15-8-6-14(7-9-15)20(24)25/h2-9H,10H2,1H3,(H,18,21)/b17-11-. The summed E-state index contributed by atoms with van der Waals surface area (Å²) < 4.78 is 5.20. The molecule has 0 saturated heterocycles. The smallest absolute Gasteiger partial charge is 0.277 e. The Kier molecular flexibility index (Phi) is 5.93. The van der Waals surface area contributed by atoms with Crippen molar-refractivity contribution in [2.45, 2.75) is 6.92 Å². The molecule has 26 heavy (non-hydrogen) atoms. The van der Waals surface area contributed by atoms with Crippen LogP contribution in [-0.2, 0) is 4.79 Å². The first-order chi connectivity index (χ1) is 12.4. The van der Waals surface area contributed by atoms with Gasteiger partial charge >= 0.3 is 0 Å². The van der Waals surface area contributed by atoms with Gasteiger partial charge in [0.2, 0.25) is 0 Å². The molecule has 0 radical (unpaired) electrons. The molecule has 2 aromatic rings. The molecule has 2 rings (SSSR count). The van der Waals surface area contributed by atoms with Gasteiger partial charge < -0.3 is 4.74 Å². The molecule has 0 bridgehead atoms. The van der Waals surface area contributed by atoms with Crippen molar-refractivity contribution in [2.24, 2.45) is 5.10 Å². The minimum absolute atomic E-state index is 0.0397. The normalized spacial score (nSPS) is 10.9. The van der Waals surface area contributed by atoms with E-state index in [0.29, 0.717) is 17.0 Å². The summed E-state index contributed by atoms with van der Waals surface area (Å²) in [4.78, 5) is 31.8. The van der Waals surface area contributed by atoms with Crippen LogP contribution in [0.5, 0.6) is 5.75 Å². The van der Waals surface area contributed by atoms with Crippen LogP contribution in [0, 0.1) is 20.2 Å². The van der Waals surface area contributed by atoms with Crippen molar-refractivity contribution >= 4 is 23.0 Å². The number of ether oxygens (including phenoxy) is 1. The zero-order valence-electron chi connectivity index (χ0n) is 13.6. The van der Waals surface area contributed by atoms with Gasteiger partial charge in [-0.1, -0.05) is 0 Å². The van der Waals surface area contributed by atoms with Crippen LogP contribution >= 0.6 is 0 Å². The Hall–Kier alpha value is -3.82. The average Bonchev–Trinajstić information content (AvgIpc) is 2.64. The third-order valence-corrected chi connectivity index (χ3v) is 3.26. The highest BCUT2D eigenvalue weighted by Gasteiger charge is 2.08. The second-order valence-electron chi connectivity index (χ2n) is 5.08. The molecule has 0 aliphatic rings. The predicted octanol–water partition coefficient (Wildman–Crippen LogP) is 2.42. The molecule has 1 amide bonds. The van der Waals surface area contributed by atoms with Gasteiger partial charge in [-0.05, 0) is 36.8 Å². The number of nitrogens with one attached hydrogen (secondary N) is 1. The number of nitrogens with zero attached hydrogens (tertiary/aromatic N) is 3. The van der Waals surface area contributed by atoms with Crippen LogP contribution in [-0.4, -0.2) is 28.1 Å². The number of non-ortho nitro benzene ring substituents is 2. The summed E-state index contributed by atoms with van der Waals surface area (Å²) >= 11 is 0. The summed E-state index contributed by atoms with van der Waals surface area (Å²) in [5, 5.41) is 25.1. The lowest BCUT2D eigenvalue weighted by atomic mass is 10.1. The van der Waals surface area contributed by atoms with E-state index < -0.39 is 15.8 Å². The van der Waals surface area contributed by atoms with Crippen molar-refractivity contribution in [3.8, 4) is 5.75 Å². The van der Waals surface area contributed by atoms with Crippen LogP contribution in [0.2, 0.25) is 0 Å². The van der Waals surface area contributed by atoms with Gasteiger partial charge in [-0.2, -0.15) is 5.10 Å². The lowest BCUT2D eigenvalue weighted by molar-refractivity contribution is -0.385. The molecule has 10 nitrogen and oxygen atoms in total. The van der Waals surface area contributed by atoms with E-state index in [2.05, 4.69) is 10.5 Å². The van der Waals surface area contributed by atoms with E-state index in [1.807, 2.05) is 0 Å². The van der Waals surface area contributed by atoms with Gasteiger partial charge in [-0.3, -0.25) is 25.0 Å². The number of hydrogen-bond donors (Lipinski definition) is 1. The van der Waals surface area contributed by atoms with Crippen molar-refractivity contribution in [3.63, 3.8) is 0 Å². The lowest BCUT2D eigenvalue weighted by Crippen LogP contribution is -2.25. The average molecular weight is 358 g/mol. The van der Waals surface area contributed by atoms with Gasteiger partial charge in [-0.25, -0.2) is 5.43 Å². The maximum Gasteiger partial charge on any atom is 0.277 e. The van der Waals surface area contributed by atoms with Gasteiger partial charge in [0.1, 0.15) is 5.75 Å². The zero-order chi connectivity index (χ0) is 19.1. The lowest BCUT2D eigenvalue weighted by Gasteiger charge is -2.05. The first-order valence-corrected chi connectivity index (χ1v) is 7.32. The summed E-state index contributed by atoms with van der Waals surface area (Å²) in [6.07, 6.45) is 0. The number of rotatable bonds is 7. The SMILES string of the molecule is C/C(=N/NC(=O)COc1ccc([N+](=O)[O-])cc1)c1ccc([N+](=O)[O-])cc1. The highest BCUT2D eigenvalue weighted by Crippen LogP contribution is 2.17. The summed E-state index contributed by atoms with van der Waals surface area (Å²) in [5.41, 5.74) is 3.26. The summed E-state index contributed by atoms with van der Waals surface area (Å²) in [5.74, 6) is -0.216. The van der Waals surface area contributed by atoms with Crippen LogP contribution in [0.4, 0.5) is 11.4 Å². The number of hydrazone groups is 1. The number of nitro benzene ring substituents is 2. The fourth-order valence-electron chi connectivity index (χ4n) is 1.88. The van der Waals surface area contributed by atoms with Gasteiger partial charge in [0, 0.05) is 24.3 Å². The number of carbonyl (C=O) groups is 1. The third kappa shape index (κ3) is 5.09. The van der Waals surface area contributed by atoms with E-state index in [4.69, 9.17) is 4.74 Å². The maximum atomic E-state index is 11.7. The molecule has 0 unspecified atom stereocenters. The number of nitro groups is 2. The number of hydrogen-bond acceptors (Lipinski definition) is 7. The quantitative estimate of drug-likeness (QED) is 0.458. The fraction of sp³-hybridized carbons (Fsp3) is 0.125. The second kappa shape index (κ2) is 8.33. The van der Waals surface area contributed by atoms with Crippen LogP contribution in [0.1, 0.15) is 12.5 Å². The summed E-state index contributed by atoms with van der Waals surface area (Å²) in [6.45, 7) is 1.31. The van der Waals surface area contributed by atoms with Crippen molar-refractivity contribution < 1.29 is 19.4 Å². The van der Waals surface area contributed by atoms with Crippen LogP contribution in [0.3, 0.4) is 0 Å². The van der Waals surface area contributed by atoms with E-state index >= 15 is 0 Å². The predicted molar refractivity (Wildman–Crippen MR) is 92.0 cm³/mol. The topological polar surface area (TPSA) is 137 Å². The van der Waals surface area contributed by atoms with Gasteiger partial charge in [0.05, 0.1) is 15.6 Å². The Morgan fingerprint density at radius 2 is 1.50 bits per heavy atom. The number of carbonyl (C=O) groups excluding carboxylic acids is 1. The zero-order valence-corrected chi connectivity index (χ0v) is 13.6. The molecule has 2 aromatic carbocycles. The largest absolute Gasteiger partial charge is 0.484 e. The first kappa shape index (κ1) is 18.5. The van der Waals surface area contributed by atoms with Crippen molar-refractivity contribution in [3.05, 3.63) is 74.3 Å².